The highest BCUT2D eigenvalue weighted by Crippen LogP contribution is 2.47. The molecule has 0 bridgehead atoms. The maximum absolute atomic E-state index is 6.02. The van der Waals surface area contributed by atoms with Gasteiger partial charge in [0.2, 0.25) is 0 Å². The van der Waals surface area contributed by atoms with Crippen molar-refractivity contribution in [3.63, 3.8) is 0 Å². The maximum Gasteiger partial charge on any atom is 0.0402 e. The third-order valence-electron chi connectivity index (χ3n) is 3.96. The van der Waals surface area contributed by atoms with Gasteiger partial charge in [-0.05, 0) is 37.0 Å². The van der Waals surface area contributed by atoms with Crippen molar-refractivity contribution in [2.75, 3.05) is 25.5 Å². The van der Waals surface area contributed by atoms with Gasteiger partial charge in [0.05, 0.1) is 0 Å². The summed E-state index contributed by atoms with van der Waals surface area (Å²) in [5.41, 5.74) is 10.5. The Morgan fingerprint density at radius 3 is 2.44 bits per heavy atom. The van der Waals surface area contributed by atoms with E-state index < -0.39 is 0 Å². The fraction of sp³-hybridized carbons (Fsp3) is 0.571. The van der Waals surface area contributed by atoms with Gasteiger partial charge in [-0.25, -0.2) is 0 Å². The van der Waals surface area contributed by atoms with Crippen molar-refractivity contribution in [3.8, 4) is 0 Å². The van der Waals surface area contributed by atoms with Gasteiger partial charge in [0, 0.05) is 31.7 Å². The van der Waals surface area contributed by atoms with Gasteiger partial charge in [0.15, 0.2) is 0 Å². The van der Waals surface area contributed by atoms with Crippen molar-refractivity contribution in [3.05, 3.63) is 29.3 Å². The summed E-state index contributed by atoms with van der Waals surface area (Å²) in [6.07, 6.45) is 3.81. The van der Waals surface area contributed by atoms with Gasteiger partial charge >= 0.3 is 0 Å². The Morgan fingerprint density at radius 1 is 1.31 bits per heavy atom. The molecule has 0 atom stereocenters. The number of benzene rings is 1. The Balaban J connectivity index is 2.53. The van der Waals surface area contributed by atoms with Crippen LogP contribution in [0.1, 0.15) is 30.4 Å². The van der Waals surface area contributed by atoms with Crippen LogP contribution in [0.5, 0.6) is 0 Å². The highest BCUT2D eigenvalue weighted by molar-refractivity contribution is 5.60. The van der Waals surface area contributed by atoms with E-state index in [1.165, 1.54) is 36.1 Å². The number of rotatable bonds is 3. The van der Waals surface area contributed by atoms with E-state index >= 15 is 0 Å². The predicted octanol–water partition coefficient (Wildman–Crippen LogP) is 2.44. The normalized spacial score (nSPS) is 18.0. The molecule has 0 amide bonds. The highest BCUT2D eigenvalue weighted by atomic mass is 15.1. The molecular formula is C14H22N2. The molecule has 16 heavy (non-hydrogen) atoms. The lowest BCUT2D eigenvalue weighted by molar-refractivity contribution is 0.252. The molecule has 0 saturated heterocycles. The van der Waals surface area contributed by atoms with E-state index in [0.717, 1.165) is 6.54 Å². The summed E-state index contributed by atoms with van der Waals surface area (Å²) in [5, 5.41) is 0. The Kier molecular flexibility index (Phi) is 2.94. The van der Waals surface area contributed by atoms with Crippen LogP contribution >= 0.6 is 0 Å². The van der Waals surface area contributed by atoms with Gasteiger partial charge in [0.25, 0.3) is 0 Å². The van der Waals surface area contributed by atoms with Crippen molar-refractivity contribution in [2.45, 2.75) is 31.6 Å². The van der Waals surface area contributed by atoms with Crippen molar-refractivity contribution in [1.29, 1.82) is 0 Å². The van der Waals surface area contributed by atoms with Crippen LogP contribution in [0.2, 0.25) is 0 Å². The van der Waals surface area contributed by atoms with Gasteiger partial charge < -0.3 is 10.6 Å². The van der Waals surface area contributed by atoms with Crippen molar-refractivity contribution >= 4 is 5.69 Å². The van der Waals surface area contributed by atoms with Crippen molar-refractivity contribution in [1.82, 2.24) is 0 Å². The molecular weight excluding hydrogens is 196 g/mol. The summed E-state index contributed by atoms with van der Waals surface area (Å²) in [6, 6.07) is 6.55. The zero-order valence-electron chi connectivity index (χ0n) is 10.6. The summed E-state index contributed by atoms with van der Waals surface area (Å²) < 4.78 is 0. The first kappa shape index (κ1) is 11.5. The third-order valence-corrected chi connectivity index (χ3v) is 3.96. The molecule has 1 aromatic rings. The molecule has 0 aliphatic heterocycles. The molecule has 1 aliphatic carbocycles. The average molecular weight is 218 g/mol. The minimum atomic E-state index is 0.255. The van der Waals surface area contributed by atoms with Gasteiger partial charge in [-0.2, -0.15) is 0 Å². The molecule has 1 aromatic carbocycles. The van der Waals surface area contributed by atoms with Gasteiger partial charge in [0.1, 0.15) is 0 Å². The lowest BCUT2D eigenvalue weighted by Crippen LogP contribution is -2.43. The number of hydrogen-bond donors (Lipinski definition) is 1. The minimum Gasteiger partial charge on any atom is -0.377 e. The highest BCUT2D eigenvalue weighted by Gasteiger charge is 2.40. The Hall–Kier alpha value is -1.02. The first-order chi connectivity index (χ1) is 7.60. The Morgan fingerprint density at radius 2 is 2.00 bits per heavy atom. The fourth-order valence-corrected chi connectivity index (χ4v) is 2.87. The predicted molar refractivity (Wildman–Crippen MR) is 70.1 cm³/mol. The van der Waals surface area contributed by atoms with Gasteiger partial charge in [-0.3, -0.25) is 0 Å². The number of hydrogen-bond acceptors (Lipinski definition) is 2. The molecule has 0 spiro atoms. The monoisotopic (exact) mass is 218 g/mol. The maximum atomic E-state index is 6.02. The Labute approximate surface area is 98.4 Å². The largest absolute Gasteiger partial charge is 0.377 e. The summed E-state index contributed by atoms with van der Waals surface area (Å²) >= 11 is 0. The zero-order chi connectivity index (χ0) is 11.8. The Bertz CT molecular complexity index is 373. The molecule has 2 heteroatoms. The smallest absolute Gasteiger partial charge is 0.0402 e. The molecule has 0 aromatic heterocycles. The molecule has 2 N–H and O–H groups in total. The number of nitrogens with two attached hydrogens (primary N) is 1. The van der Waals surface area contributed by atoms with Crippen LogP contribution < -0.4 is 10.6 Å². The fourth-order valence-electron chi connectivity index (χ4n) is 2.87. The van der Waals surface area contributed by atoms with E-state index in [9.17, 15) is 0 Å². The summed E-state index contributed by atoms with van der Waals surface area (Å²) in [5.74, 6) is 0. The average Bonchev–Trinajstić information content (AvgIpc) is 2.19. The van der Waals surface area contributed by atoms with Crippen LogP contribution in [-0.2, 0) is 5.41 Å². The SMILES string of the molecule is Cc1cccc(N(C)C)c1C1(CN)CCC1. The van der Waals surface area contributed by atoms with Gasteiger partial charge in [-0.15, -0.1) is 0 Å². The molecule has 0 radical (unpaired) electrons. The molecule has 1 saturated carbocycles. The van der Waals surface area contributed by atoms with Crippen molar-refractivity contribution < 1.29 is 0 Å². The first-order valence-electron chi connectivity index (χ1n) is 6.08. The quantitative estimate of drug-likeness (QED) is 0.844. The van der Waals surface area contributed by atoms with E-state index in [2.05, 4.69) is 44.1 Å². The van der Waals surface area contributed by atoms with E-state index in [1.54, 1.807) is 0 Å². The number of aryl methyl sites for hydroxylation is 1. The van der Waals surface area contributed by atoms with Crippen molar-refractivity contribution in [2.24, 2.45) is 5.73 Å². The first-order valence-corrected chi connectivity index (χ1v) is 6.08. The zero-order valence-corrected chi connectivity index (χ0v) is 10.6. The van der Waals surface area contributed by atoms with E-state index in [-0.39, 0.29) is 5.41 Å². The lowest BCUT2D eigenvalue weighted by atomic mass is 9.63. The van der Waals surface area contributed by atoms with Crippen LogP contribution in [0.25, 0.3) is 0 Å². The third kappa shape index (κ3) is 1.61. The molecule has 1 fully saturated rings. The van der Waals surface area contributed by atoms with Crippen LogP contribution in [0, 0.1) is 6.92 Å². The molecule has 2 nitrogen and oxygen atoms in total. The second kappa shape index (κ2) is 4.10. The summed E-state index contributed by atoms with van der Waals surface area (Å²) in [7, 11) is 4.22. The molecule has 0 unspecified atom stereocenters. The van der Waals surface area contributed by atoms with Crippen LogP contribution in [0.4, 0.5) is 5.69 Å². The van der Waals surface area contributed by atoms with E-state index in [1.807, 2.05) is 0 Å². The number of nitrogens with zero attached hydrogens (tertiary/aromatic N) is 1. The van der Waals surface area contributed by atoms with E-state index in [4.69, 9.17) is 5.73 Å². The summed E-state index contributed by atoms with van der Waals surface area (Å²) in [6.45, 7) is 2.98. The molecule has 1 aliphatic rings. The molecule has 88 valence electrons. The van der Waals surface area contributed by atoms with E-state index in [0.29, 0.717) is 0 Å². The lowest BCUT2D eigenvalue weighted by Gasteiger charge is -2.44. The van der Waals surface area contributed by atoms with Crippen LogP contribution in [-0.4, -0.2) is 20.6 Å². The topological polar surface area (TPSA) is 29.3 Å². The standard InChI is InChI=1S/C14H22N2/c1-11-6-4-7-12(16(2)3)13(11)14(10-15)8-5-9-14/h4,6-7H,5,8-10,15H2,1-3H3. The second-order valence-corrected chi connectivity index (χ2v) is 5.20. The molecule has 0 heterocycles. The number of anilines is 1. The van der Waals surface area contributed by atoms with Crippen LogP contribution in [0.15, 0.2) is 18.2 Å². The summed E-state index contributed by atoms with van der Waals surface area (Å²) in [4.78, 5) is 2.21. The van der Waals surface area contributed by atoms with Gasteiger partial charge in [-0.1, -0.05) is 18.6 Å². The van der Waals surface area contributed by atoms with Crippen LogP contribution in [0.3, 0.4) is 0 Å². The second-order valence-electron chi connectivity index (χ2n) is 5.20. The minimum absolute atomic E-state index is 0.255. The molecule has 2 rings (SSSR count).